The number of nitrogens with two attached hydrogens (primary N) is 1. The second-order valence-electron chi connectivity index (χ2n) is 3.29. The van der Waals surface area contributed by atoms with Crippen molar-refractivity contribution < 1.29 is 9.53 Å². The largest absolute Gasteiger partial charge is 0.487 e. The van der Waals surface area contributed by atoms with Crippen molar-refractivity contribution in [3.8, 4) is 5.75 Å². The molecule has 0 bridgehead atoms. The summed E-state index contributed by atoms with van der Waals surface area (Å²) in [6.45, 7) is 0.137. The van der Waals surface area contributed by atoms with Gasteiger partial charge in [-0.3, -0.25) is 9.69 Å². The molecule has 2 rings (SSSR count). The van der Waals surface area contributed by atoms with Crippen LogP contribution >= 0.6 is 11.6 Å². The number of rotatable bonds is 0. The van der Waals surface area contributed by atoms with Gasteiger partial charge in [-0.1, -0.05) is 11.6 Å². The van der Waals surface area contributed by atoms with Crippen LogP contribution < -0.4 is 15.4 Å². The lowest BCUT2D eigenvalue weighted by Gasteiger charge is -2.15. The van der Waals surface area contributed by atoms with Crippen molar-refractivity contribution in [3.63, 3.8) is 0 Å². The molecule has 6 heteroatoms. The van der Waals surface area contributed by atoms with Crippen molar-refractivity contribution >= 4 is 23.3 Å². The standard InChI is InChI=1S/C9H10ClN3O2/c1-13-8-7(2-5(10)3-12-8)15-4-6(11)9(13)14/h2-3,6H,4,11H2,1H3/t6-/m0/s1. The van der Waals surface area contributed by atoms with E-state index in [2.05, 4.69) is 4.98 Å². The Labute approximate surface area is 91.8 Å². The number of fused-ring (bicyclic) bond motifs is 1. The van der Waals surface area contributed by atoms with Crippen molar-refractivity contribution in [2.45, 2.75) is 6.04 Å². The van der Waals surface area contributed by atoms with Gasteiger partial charge in [-0.2, -0.15) is 0 Å². The smallest absolute Gasteiger partial charge is 0.248 e. The van der Waals surface area contributed by atoms with E-state index in [0.717, 1.165) is 0 Å². The summed E-state index contributed by atoms with van der Waals surface area (Å²) in [6, 6.07) is 0.953. The van der Waals surface area contributed by atoms with Crippen LogP contribution in [0.5, 0.6) is 5.75 Å². The van der Waals surface area contributed by atoms with Gasteiger partial charge in [0.2, 0.25) is 5.91 Å². The Bertz CT molecular complexity index is 410. The molecular formula is C9H10ClN3O2. The molecule has 15 heavy (non-hydrogen) atoms. The van der Waals surface area contributed by atoms with Gasteiger partial charge < -0.3 is 10.5 Å². The average Bonchev–Trinajstić information content (AvgIpc) is 2.32. The highest BCUT2D eigenvalue weighted by Crippen LogP contribution is 2.30. The third-order valence-electron chi connectivity index (χ3n) is 2.18. The molecule has 5 nitrogen and oxygen atoms in total. The highest BCUT2D eigenvalue weighted by Gasteiger charge is 2.27. The maximum atomic E-state index is 11.6. The molecule has 1 aliphatic heterocycles. The minimum Gasteiger partial charge on any atom is -0.487 e. The van der Waals surface area contributed by atoms with Crippen molar-refractivity contribution in [2.24, 2.45) is 5.73 Å². The van der Waals surface area contributed by atoms with E-state index in [9.17, 15) is 4.79 Å². The summed E-state index contributed by atoms with van der Waals surface area (Å²) in [5.74, 6) is 0.701. The summed E-state index contributed by atoms with van der Waals surface area (Å²) in [7, 11) is 1.61. The van der Waals surface area contributed by atoms with E-state index in [1.807, 2.05) is 0 Å². The molecule has 0 unspecified atom stereocenters. The number of pyridine rings is 1. The Morgan fingerprint density at radius 1 is 1.73 bits per heavy atom. The highest BCUT2D eigenvalue weighted by molar-refractivity contribution is 6.30. The molecule has 0 fully saturated rings. The minimum absolute atomic E-state index is 0.137. The number of ether oxygens (including phenoxy) is 1. The molecular weight excluding hydrogens is 218 g/mol. The molecule has 1 amide bonds. The Hall–Kier alpha value is -1.33. The lowest BCUT2D eigenvalue weighted by Crippen LogP contribution is -2.43. The van der Waals surface area contributed by atoms with Gasteiger partial charge in [0.1, 0.15) is 12.6 Å². The Morgan fingerprint density at radius 3 is 3.20 bits per heavy atom. The van der Waals surface area contributed by atoms with Crippen LogP contribution in [0.1, 0.15) is 0 Å². The molecule has 1 aromatic rings. The number of likely N-dealkylation sites (N-methyl/N-ethyl adjacent to an activating group) is 1. The number of anilines is 1. The zero-order chi connectivity index (χ0) is 11.0. The summed E-state index contributed by atoms with van der Waals surface area (Å²) >= 11 is 5.77. The van der Waals surface area contributed by atoms with Crippen LogP contribution in [0, 0.1) is 0 Å². The molecule has 1 atom stereocenters. The summed E-state index contributed by atoms with van der Waals surface area (Å²) in [6.07, 6.45) is 1.46. The number of hydrogen-bond donors (Lipinski definition) is 1. The molecule has 0 radical (unpaired) electrons. The zero-order valence-electron chi connectivity index (χ0n) is 8.11. The zero-order valence-corrected chi connectivity index (χ0v) is 8.86. The molecule has 0 aromatic carbocycles. The fourth-order valence-electron chi connectivity index (χ4n) is 1.38. The Morgan fingerprint density at radius 2 is 2.47 bits per heavy atom. The number of aromatic nitrogens is 1. The first kappa shape index (κ1) is 10.2. The number of halogens is 1. The van der Waals surface area contributed by atoms with Crippen LogP contribution in [0.15, 0.2) is 12.3 Å². The first-order valence-corrected chi connectivity index (χ1v) is 4.79. The Balaban J connectivity index is 2.47. The molecule has 0 saturated heterocycles. The highest BCUT2D eigenvalue weighted by atomic mass is 35.5. The average molecular weight is 228 g/mol. The predicted octanol–water partition coefficient (Wildman–Crippen LogP) is 0.418. The predicted molar refractivity (Wildman–Crippen MR) is 56.1 cm³/mol. The molecule has 0 saturated carbocycles. The lowest BCUT2D eigenvalue weighted by atomic mass is 10.3. The summed E-state index contributed by atoms with van der Waals surface area (Å²) in [4.78, 5) is 17.1. The molecule has 0 aliphatic carbocycles. The van der Waals surface area contributed by atoms with Crippen LogP contribution in [0.3, 0.4) is 0 Å². The topological polar surface area (TPSA) is 68.5 Å². The van der Waals surface area contributed by atoms with Crippen LogP contribution in [-0.2, 0) is 4.79 Å². The van der Waals surface area contributed by atoms with Gasteiger partial charge in [0.15, 0.2) is 11.6 Å². The third-order valence-corrected chi connectivity index (χ3v) is 2.39. The van der Waals surface area contributed by atoms with Gasteiger partial charge >= 0.3 is 0 Å². The second-order valence-corrected chi connectivity index (χ2v) is 3.73. The maximum absolute atomic E-state index is 11.6. The van der Waals surface area contributed by atoms with E-state index in [4.69, 9.17) is 22.1 Å². The molecule has 0 spiro atoms. The van der Waals surface area contributed by atoms with E-state index in [0.29, 0.717) is 16.6 Å². The van der Waals surface area contributed by atoms with E-state index < -0.39 is 6.04 Å². The van der Waals surface area contributed by atoms with Crippen LogP contribution in [0.2, 0.25) is 5.02 Å². The maximum Gasteiger partial charge on any atom is 0.248 e. The third kappa shape index (κ3) is 1.75. The monoisotopic (exact) mass is 227 g/mol. The first-order chi connectivity index (χ1) is 7.09. The SMILES string of the molecule is CN1C(=O)[C@@H](N)COc2cc(Cl)cnc21. The fraction of sp³-hybridized carbons (Fsp3) is 0.333. The summed E-state index contributed by atoms with van der Waals surface area (Å²) in [5.41, 5.74) is 5.61. The molecule has 2 N–H and O–H groups in total. The number of carbonyl (C=O) groups is 1. The Kier molecular flexibility index (Phi) is 2.50. The van der Waals surface area contributed by atoms with Gasteiger partial charge in [0.25, 0.3) is 0 Å². The van der Waals surface area contributed by atoms with Crippen molar-refractivity contribution in [1.82, 2.24) is 4.98 Å². The van der Waals surface area contributed by atoms with Crippen molar-refractivity contribution in [2.75, 3.05) is 18.6 Å². The lowest BCUT2D eigenvalue weighted by molar-refractivity contribution is -0.119. The fourth-order valence-corrected chi connectivity index (χ4v) is 1.52. The molecule has 1 aromatic heterocycles. The van der Waals surface area contributed by atoms with Gasteiger partial charge in [-0.05, 0) is 0 Å². The number of amides is 1. The van der Waals surface area contributed by atoms with Crippen LogP contribution in [0.4, 0.5) is 5.82 Å². The first-order valence-electron chi connectivity index (χ1n) is 4.41. The van der Waals surface area contributed by atoms with Crippen LogP contribution in [-0.4, -0.2) is 30.6 Å². The van der Waals surface area contributed by atoms with Gasteiger partial charge in [-0.15, -0.1) is 0 Å². The minimum atomic E-state index is -0.664. The van der Waals surface area contributed by atoms with E-state index in [1.165, 1.54) is 11.1 Å². The van der Waals surface area contributed by atoms with E-state index >= 15 is 0 Å². The summed E-state index contributed by atoms with van der Waals surface area (Å²) in [5, 5.41) is 0.463. The number of nitrogens with zero attached hydrogens (tertiary/aromatic N) is 2. The van der Waals surface area contributed by atoms with Crippen molar-refractivity contribution in [1.29, 1.82) is 0 Å². The second kappa shape index (κ2) is 3.67. The number of carbonyl (C=O) groups excluding carboxylic acids is 1. The van der Waals surface area contributed by atoms with Gasteiger partial charge in [-0.25, -0.2) is 4.98 Å². The molecule has 1 aliphatic rings. The van der Waals surface area contributed by atoms with E-state index in [1.54, 1.807) is 13.1 Å². The normalized spacial score (nSPS) is 20.6. The quantitative estimate of drug-likeness (QED) is 0.698. The van der Waals surface area contributed by atoms with Crippen LogP contribution in [0.25, 0.3) is 0 Å². The summed E-state index contributed by atoms with van der Waals surface area (Å²) < 4.78 is 5.35. The van der Waals surface area contributed by atoms with Crippen molar-refractivity contribution in [3.05, 3.63) is 17.3 Å². The van der Waals surface area contributed by atoms with Gasteiger partial charge in [0.05, 0.1) is 5.02 Å². The van der Waals surface area contributed by atoms with E-state index in [-0.39, 0.29) is 12.5 Å². The molecule has 2 heterocycles. The molecule has 80 valence electrons. The van der Waals surface area contributed by atoms with Gasteiger partial charge in [0, 0.05) is 19.3 Å². The number of hydrogen-bond acceptors (Lipinski definition) is 4.